The second kappa shape index (κ2) is 10.1. The van der Waals surface area contributed by atoms with Crippen molar-refractivity contribution in [2.75, 3.05) is 19.0 Å². The normalized spacial score (nSPS) is 12.1. The zero-order valence-electron chi connectivity index (χ0n) is 21.0. The maximum absolute atomic E-state index is 13.3. The number of aryl methyl sites for hydroxylation is 2. The molecule has 188 valence electrons. The van der Waals surface area contributed by atoms with E-state index in [4.69, 9.17) is 9.72 Å². The van der Waals surface area contributed by atoms with E-state index in [2.05, 4.69) is 21.7 Å². The number of rotatable bonds is 7. The average molecular weight is 514 g/mol. The Morgan fingerprint density at radius 3 is 2.73 bits per heavy atom. The average Bonchev–Trinajstić information content (AvgIpc) is 3.43. The van der Waals surface area contributed by atoms with Gasteiger partial charge in [0.05, 0.1) is 17.3 Å². The van der Waals surface area contributed by atoms with E-state index in [9.17, 15) is 9.59 Å². The third kappa shape index (κ3) is 5.09. The van der Waals surface area contributed by atoms with Crippen molar-refractivity contribution in [2.45, 2.75) is 19.9 Å². The van der Waals surface area contributed by atoms with E-state index in [1.807, 2.05) is 80.2 Å². The van der Waals surface area contributed by atoms with Gasteiger partial charge in [0, 0.05) is 36.8 Å². The van der Waals surface area contributed by atoms with Gasteiger partial charge < -0.3 is 14.6 Å². The number of benzene rings is 2. The first-order valence-corrected chi connectivity index (χ1v) is 12.7. The first-order chi connectivity index (χ1) is 17.8. The number of fused-ring (bicyclic) bond motifs is 2. The van der Waals surface area contributed by atoms with Crippen LogP contribution < -0.4 is 10.6 Å². The number of hydrogen-bond donors (Lipinski definition) is 2. The van der Waals surface area contributed by atoms with Crippen molar-refractivity contribution in [3.05, 3.63) is 77.5 Å². The number of amides is 2. The minimum absolute atomic E-state index is 0.0363. The molecule has 5 aromatic rings. The zero-order chi connectivity index (χ0) is 26.1. The minimum atomic E-state index is -0.265. The van der Waals surface area contributed by atoms with Crippen LogP contribution in [0.1, 0.15) is 34.5 Å². The smallest absolute Gasteiger partial charge is 0.253 e. The lowest BCUT2D eigenvalue weighted by molar-refractivity contribution is -0.119. The lowest BCUT2D eigenvalue weighted by Crippen LogP contribution is -2.26. The number of hydrogen-bond acceptors (Lipinski definition) is 6. The van der Waals surface area contributed by atoms with Gasteiger partial charge in [0.25, 0.3) is 11.8 Å². The highest BCUT2D eigenvalue weighted by Crippen LogP contribution is 2.31. The fraction of sp³-hybridized carbons (Fsp3) is 0.214. The number of thiazole rings is 1. The molecule has 0 saturated carbocycles. The molecule has 5 rings (SSSR count). The number of aromatic nitrogens is 3. The summed E-state index contributed by atoms with van der Waals surface area (Å²) in [5.74, 6) is -0.391. The zero-order valence-corrected chi connectivity index (χ0v) is 21.8. The van der Waals surface area contributed by atoms with E-state index in [-0.39, 0.29) is 24.5 Å². The summed E-state index contributed by atoms with van der Waals surface area (Å²) in [6.07, 6.45) is 1.86. The molecule has 0 saturated heterocycles. The summed E-state index contributed by atoms with van der Waals surface area (Å²) in [5.41, 5.74) is 6.14. The van der Waals surface area contributed by atoms with Crippen molar-refractivity contribution < 1.29 is 14.3 Å². The molecule has 0 radical (unpaired) electrons. The summed E-state index contributed by atoms with van der Waals surface area (Å²) >= 11 is 1.30. The molecule has 2 aromatic carbocycles. The predicted octanol–water partition coefficient (Wildman–Crippen LogP) is 5.23. The van der Waals surface area contributed by atoms with E-state index >= 15 is 0 Å². The summed E-state index contributed by atoms with van der Waals surface area (Å²) in [5, 5.41) is 7.19. The molecule has 37 heavy (non-hydrogen) atoms. The SMILES string of the molecule is COCC(=O)Nc1nc2ccc(-c3ccc4c(c3)c(C(=O)N[C@@H](C)c3cccc(C)c3)cn4C)nc2s1. The molecular weight excluding hydrogens is 486 g/mol. The Hall–Kier alpha value is -4.08. The Kier molecular flexibility index (Phi) is 6.73. The molecule has 3 aromatic heterocycles. The number of methoxy groups -OCH3 is 1. The molecular formula is C28H27N5O3S. The molecule has 0 spiro atoms. The van der Waals surface area contributed by atoms with Crippen LogP contribution in [0.3, 0.4) is 0 Å². The van der Waals surface area contributed by atoms with Crippen molar-refractivity contribution in [3.8, 4) is 11.3 Å². The molecule has 9 heteroatoms. The van der Waals surface area contributed by atoms with Gasteiger partial charge in [-0.3, -0.25) is 14.9 Å². The third-order valence-electron chi connectivity index (χ3n) is 6.20. The van der Waals surface area contributed by atoms with Gasteiger partial charge in [-0.1, -0.05) is 47.2 Å². The lowest BCUT2D eigenvalue weighted by atomic mass is 10.0. The maximum atomic E-state index is 13.3. The molecule has 0 aliphatic rings. The highest BCUT2D eigenvalue weighted by atomic mass is 32.1. The monoisotopic (exact) mass is 513 g/mol. The fourth-order valence-electron chi connectivity index (χ4n) is 4.35. The van der Waals surface area contributed by atoms with Gasteiger partial charge in [0.2, 0.25) is 0 Å². The number of anilines is 1. The van der Waals surface area contributed by atoms with Gasteiger partial charge in [-0.05, 0) is 43.7 Å². The third-order valence-corrected chi connectivity index (χ3v) is 7.08. The Labute approximate surface area is 218 Å². The molecule has 2 N–H and O–H groups in total. The number of ether oxygens (including phenoxy) is 1. The maximum Gasteiger partial charge on any atom is 0.253 e. The Balaban J connectivity index is 1.44. The molecule has 0 aliphatic heterocycles. The van der Waals surface area contributed by atoms with Crippen LogP contribution in [-0.4, -0.2) is 40.1 Å². The van der Waals surface area contributed by atoms with Crippen LogP contribution in [-0.2, 0) is 16.6 Å². The second-order valence-electron chi connectivity index (χ2n) is 9.02. The summed E-state index contributed by atoms with van der Waals surface area (Å²) in [4.78, 5) is 35.1. The molecule has 0 fully saturated rings. The number of carbonyl (C=O) groups is 2. The topological polar surface area (TPSA) is 98.1 Å². The van der Waals surface area contributed by atoms with Crippen molar-refractivity contribution in [1.29, 1.82) is 0 Å². The summed E-state index contributed by atoms with van der Waals surface area (Å²) in [7, 11) is 3.40. The lowest BCUT2D eigenvalue weighted by Gasteiger charge is -2.14. The van der Waals surface area contributed by atoms with Gasteiger partial charge in [0.15, 0.2) is 5.13 Å². The van der Waals surface area contributed by atoms with Crippen LogP contribution >= 0.6 is 11.3 Å². The van der Waals surface area contributed by atoms with Crippen LogP contribution in [0.4, 0.5) is 5.13 Å². The minimum Gasteiger partial charge on any atom is -0.375 e. The largest absolute Gasteiger partial charge is 0.375 e. The summed E-state index contributed by atoms with van der Waals surface area (Å²) in [6, 6.07) is 17.8. The van der Waals surface area contributed by atoms with Gasteiger partial charge >= 0.3 is 0 Å². The quantitative estimate of drug-likeness (QED) is 0.310. The molecule has 1 atom stereocenters. The predicted molar refractivity (Wildman–Crippen MR) is 147 cm³/mol. The highest BCUT2D eigenvalue weighted by molar-refractivity contribution is 7.22. The van der Waals surface area contributed by atoms with E-state index in [1.54, 1.807) is 0 Å². The Morgan fingerprint density at radius 1 is 1.11 bits per heavy atom. The number of nitrogens with one attached hydrogen (secondary N) is 2. The van der Waals surface area contributed by atoms with Gasteiger partial charge in [-0.25, -0.2) is 9.97 Å². The Bertz CT molecular complexity index is 1640. The Morgan fingerprint density at radius 2 is 1.95 bits per heavy atom. The van der Waals surface area contributed by atoms with E-state index in [0.717, 1.165) is 33.3 Å². The molecule has 8 nitrogen and oxygen atoms in total. The van der Waals surface area contributed by atoms with Crippen LogP contribution in [0.15, 0.2) is 60.8 Å². The van der Waals surface area contributed by atoms with E-state index < -0.39 is 0 Å². The number of carbonyl (C=O) groups excluding carboxylic acids is 2. The molecule has 0 bridgehead atoms. The summed E-state index contributed by atoms with van der Waals surface area (Å²) < 4.78 is 6.82. The van der Waals surface area contributed by atoms with Crippen LogP contribution in [0.2, 0.25) is 0 Å². The number of nitrogens with zero attached hydrogens (tertiary/aromatic N) is 3. The first-order valence-electron chi connectivity index (χ1n) is 11.9. The first kappa shape index (κ1) is 24.6. The van der Waals surface area contributed by atoms with Crippen LogP contribution in [0.5, 0.6) is 0 Å². The molecule has 2 amide bonds. The van der Waals surface area contributed by atoms with E-state index in [0.29, 0.717) is 21.0 Å². The van der Waals surface area contributed by atoms with Crippen molar-refractivity contribution in [1.82, 2.24) is 19.9 Å². The van der Waals surface area contributed by atoms with Gasteiger partial charge in [-0.15, -0.1) is 0 Å². The van der Waals surface area contributed by atoms with Gasteiger partial charge in [0.1, 0.15) is 17.0 Å². The van der Waals surface area contributed by atoms with Crippen molar-refractivity contribution in [3.63, 3.8) is 0 Å². The fourth-order valence-corrected chi connectivity index (χ4v) is 5.20. The van der Waals surface area contributed by atoms with Crippen LogP contribution in [0.25, 0.3) is 32.5 Å². The van der Waals surface area contributed by atoms with E-state index in [1.165, 1.54) is 18.4 Å². The van der Waals surface area contributed by atoms with Gasteiger partial charge in [-0.2, -0.15) is 0 Å². The van der Waals surface area contributed by atoms with Crippen molar-refractivity contribution in [2.24, 2.45) is 7.05 Å². The highest BCUT2D eigenvalue weighted by Gasteiger charge is 2.18. The molecule has 0 aliphatic carbocycles. The number of pyridine rings is 1. The molecule has 0 unspecified atom stereocenters. The molecule has 3 heterocycles. The summed E-state index contributed by atoms with van der Waals surface area (Å²) in [6.45, 7) is 3.99. The van der Waals surface area contributed by atoms with Crippen LogP contribution in [0, 0.1) is 6.92 Å². The standard InChI is InChI=1S/C28H27N5O3S/c1-16-6-5-7-18(12-16)17(2)29-26(35)21-14-33(3)24-11-8-19(13-20(21)24)22-9-10-23-27(30-22)37-28(31-23)32-25(34)15-36-4/h5-14,17H,15H2,1-4H3,(H,29,35)(H,31,32,34)/t17-/m0/s1. The van der Waals surface area contributed by atoms with Crippen molar-refractivity contribution >= 4 is 49.5 Å². The second-order valence-corrected chi connectivity index (χ2v) is 9.99.